The molecule has 0 fully saturated rings. The summed E-state index contributed by atoms with van der Waals surface area (Å²) in [5.74, 6) is 6.24. The molecule has 2 rings (SSSR count). The van der Waals surface area contributed by atoms with Gasteiger partial charge in [-0.3, -0.25) is 0 Å². The molecule has 0 heterocycles. The van der Waals surface area contributed by atoms with Crippen molar-refractivity contribution in [3.05, 3.63) is 64.1 Å². The van der Waals surface area contributed by atoms with E-state index in [1.54, 1.807) is 0 Å². The number of hydrogen-bond acceptors (Lipinski definition) is 1. The number of anilines is 1. The number of rotatable bonds is 2. The summed E-state index contributed by atoms with van der Waals surface area (Å²) in [5.41, 5.74) is 3.39. The van der Waals surface area contributed by atoms with Gasteiger partial charge in [0.2, 0.25) is 0 Å². The lowest BCUT2D eigenvalue weighted by Crippen LogP contribution is -2.00. The van der Waals surface area contributed by atoms with Crippen molar-refractivity contribution in [1.82, 2.24) is 0 Å². The van der Waals surface area contributed by atoms with Gasteiger partial charge in [0.05, 0.1) is 6.54 Å². The first-order valence-corrected chi connectivity index (χ1v) is 6.59. The van der Waals surface area contributed by atoms with Crippen LogP contribution in [0.3, 0.4) is 0 Å². The van der Waals surface area contributed by atoms with Crippen molar-refractivity contribution in [2.24, 2.45) is 0 Å². The lowest BCUT2D eigenvalue weighted by atomic mass is 10.2. The van der Waals surface area contributed by atoms with Crippen LogP contribution in [-0.2, 0) is 0 Å². The Morgan fingerprint density at radius 1 is 1.11 bits per heavy atom. The van der Waals surface area contributed by atoms with Crippen LogP contribution in [0.4, 0.5) is 5.69 Å². The van der Waals surface area contributed by atoms with Gasteiger partial charge in [0.1, 0.15) is 0 Å². The van der Waals surface area contributed by atoms with E-state index in [1.807, 2.05) is 36.4 Å². The van der Waals surface area contributed by atoms with Gasteiger partial charge in [-0.2, -0.15) is 0 Å². The first-order chi connectivity index (χ1) is 8.75. The molecule has 0 spiro atoms. The Labute approximate surface area is 116 Å². The van der Waals surface area contributed by atoms with Crippen LogP contribution >= 0.6 is 15.9 Å². The summed E-state index contributed by atoms with van der Waals surface area (Å²) in [6.45, 7) is 2.73. The molecule has 0 atom stereocenters. The van der Waals surface area contributed by atoms with Crippen LogP contribution in [-0.4, -0.2) is 6.54 Å². The zero-order chi connectivity index (χ0) is 12.8. The lowest BCUT2D eigenvalue weighted by Gasteiger charge is -2.06. The Bertz CT molecular complexity index is 579. The van der Waals surface area contributed by atoms with Gasteiger partial charge in [-0.15, -0.1) is 0 Å². The summed E-state index contributed by atoms with van der Waals surface area (Å²) in [6, 6.07) is 16.2. The Balaban J connectivity index is 1.95. The SMILES string of the molecule is Cc1cc(Br)ccc1NCC#Cc1ccccc1. The van der Waals surface area contributed by atoms with E-state index in [1.165, 1.54) is 5.56 Å². The molecule has 1 N–H and O–H groups in total. The average molecular weight is 300 g/mol. The van der Waals surface area contributed by atoms with Crippen molar-refractivity contribution in [3.63, 3.8) is 0 Å². The van der Waals surface area contributed by atoms with Crippen LogP contribution < -0.4 is 5.32 Å². The van der Waals surface area contributed by atoms with Crippen LogP contribution in [0.15, 0.2) is 53.0 Å². The highest BCUT2D eigenvalue weighted by Gasteiger charge is 1.96. The summed E-state index contributed by atoms with van der Waals surface area (Å²) in [7, 11) is 0. The highest BCUT2D eigenvalue weighted by molar-refractivity contribution is 9.10. The van der Waals surface area contributed by atoms with Crippen LogP contribution in [0.5, 0.6) is 0 Å². The third-order valence-electron chi connectivity index (χ3n) is 2.56. The summed E-state index contributed by atoms with van der Waals surface area (Å²) in [5, 5.41) is 3.32. The van der Waals surface area contributed by atoms with Crippen molar-refractivity contribution >= 4 is 21.6 Å². The average Bonchev–Trinajstić information content (AvgIpc) is 2.38. The maximum Gasteiger partial charge on any atom is 0.0769 e. The Hall–Kier alpha value is -1.72. The first-order valence-electron chi connectivity index (χ1n) is 5.79. The van der Waals surface area contributed by atoms with Gasteiger partial charge >= 0.3 is 0 Å². The Morgan fingerprint density at radius 2 is 1.89 bits per heavy atom. The molecule has 0 aliphatic heterocycles. The second-order valence-corrected chi connectivity index (χ2v) is 4.90. The molecule has 0 aromatic heterocycles. The molecule has 0 radical (unpaired) electrons. The Kier molecular flexibility index (Phi) is 4.44. The van der Waals surface area contributed by atoms with E-state index >= 15 is 0 Å². The summed E-state index contributed by atoms with van der Waals surface area (Å²) in [4.78, 5) is 0. The molecule has 18 heavy (non-hydrogen) atoms. The van der Waals surface area contributed by atoms with E-state index in [9.17, 15) is 0 Å². The standard InChI is InChI=1S/C16H14BrN/c1-13-12-15(17)9-10-16(13)18-11-5-8-14-6-3-2-4-7-14/h2-4,6-7,9-10,12,18H,11H2,1H3. The lowest BCUT2D eigenvalue weighted by molar-refractivity contribution is 1.32. The first kappa shape index (κ1) is 12.7. The minimum Gasteiger partial charge on any atom is -0.374 e. The number of hydrogen-bond donors (Lipinski definition) is 1. The molecule has 0 saturated heterocycles. The van der Waals surface area contributed by atoms with Gasteiger partial charge in [0.25, 0.3) is 0 Å². The molecule has 0 amide bonds. The molecule has 2 heteroatoms. The molecule has 1 nitrogen and oxygen atoms in total. The fourth-order valence-corrected chi connectivity index (χ4v) is 2.11. The monoisotopic (exact) mass is 299 g/mol. The predicted octanol–water partition coefficient (Wildman–Crippen LogP) is 4.22. The molecule has 2 aromatic rings. The second-order valence-electron chi connectivity index (χ2n) is 3.98. The van der Waals surface area contributed by atoms with Crippen molar-refractivity contribution in [2.75, 3.05) is 11.9 Å². The zero-order valence-corrected chi connectivity index (χ0v) is 11.8. The molecule has 0 aliphatic carbocycles. The van der Waals surface area contributed by atoms with Crippen molar-refractivity contribution < 1.29 is 0 Å². The minimum absolute atomic E-state index is 0.650. The van der Waals surface area contributed by atoms with E-state index in [2.05, 4.69) is 52.1 Å². The van der Waals surface area contributed by atoms with E-state index in [0.29, 0.717) is 6.54 Å². The van der Waals surface area contributed by atoms with Crippen LogP contribution in [0.2, 0.25) is 0 Å². The molecule has 0 bridgehead atoms. The van der Waals surface area contributed by atoms with Gasteiger partial charge in [-0.05, 0) is 42.8 Å². The third kappa shape index (κ3) is 3.65. The van der Waals surface area contributed by atoms with Gasteiger partial charge in [0.15, 0.2) is 0 Å². The molecule has 0 saturated carbocycles. The second kappa shape index (κ2) is 6.28. The van der Waals surface area contributed by atoms with Crippen molar-refractivity contribution in [3.8, 4) is 11.8 Å². The topological polar surface area (TPSA) is 12.0 Å². The normalized spacial score (nSPS) is 9.44. The zero-order valence-electron chi connectivity index (χ0n) is 10.2. The molecule has 2 aromatic carbocycles. The van der Waals surface area contributed by atoms with Gasteiger partial charge in [-0.1, -0.05) is 46.0 Å². The van der Waals surface area contributed by atoms with E-state index in [0.717, 1.165) is 15.7 Å². The molecular weight excluding hydrogens is 286 g/mol. The molecule has 90 valence electrons. The third-order valence-corrected chi connectivity index (χ3v) is 3.06. The van der Waals surface area contributed by atoms with E-state index in [4.69, 9.17) is 0 Å². The van der Waals surface area contributed by atoms with Crippen molar-refractivity contribution in [2.45, 2.75) is 6.92 Å². The molecule has 0 unspecified atom stereocenters. The van der Waals surface area contributed by atoms with E-state index < -0.39 is 0 Å². The number of aryl methyl sites for hydroxylation is 1. The highest BCUT2D eigenvalue weighted by Crippen LogP contribution is 2.19. The Morgan fingerprint density at radius 3 is 2.61 bits per heavy atom. The predicted molar refractivity (Wildman–Crippen MR) is 80.7 cm³/mol. The van der Waals surface area contributed by atoms with E-state index in [-0.39, 0.29) is 0 Å². The minimum atomic E-state index is 0.650. The summed E-state index contributed by atoms with van der Waals surface area (Å²) in [6.07, 6.45) is 0. The van der Waals surface area contributed by atoms with Gasteiger partial charge < -0.3 is 5.32 Å². The van der Waals surface area contributed by atoms with Crippen LogP contribution in [0.1, 0.15) is 11.1 Å². The van der Waals surface area contributed by atoms with Crippen LogP contribution in [0.25, 0.3) is 0 Å². The molecule has 0 aliphatic rings. The van der Waals surface area contributed by atoms with Crippen molar-refractivity contribution in [1.29, 1.82) is 0 Å². The van der Waals surface area contributed by atoms with Gasteiger partial charge in [-0.25, -0.2) is 0 Å². The summed E-state index contributed by atoms with van der Waals surface area (Å²) >= 11 is 3.45. The largest absolute Gasteiger partial charge is 0.374 e. The van der Waals surface area contributed by atoms with Gasteiger partial charge in [0, 0.05) is 15.7 Å². The summed E-state index contributed by atoms with van der Waals surface area (Å²) < 4.78 is 1.10. The number of benzene rings is 2. The fraction of sp³-hybridized carbons (Fsp3) is 0.125. The smallest absolute Gasteiger partial charge is 0.0769 e. The number of halogens is 1. The highest BCUT2D eigenvalue weighted by atomic mass is 79.9. The maximum atomic E-state index is 3.45. The van der Waals surface area contributed by atoms with Crippen LogP contribution in [0, 0.1) is 18.8 Å². The molecular formula is C16H14BrN. The fourth-order valence-electron chi connectivity index (χ4n) is 1.63. The maximum absolute atomic E-state index is 3.45. The number of nitrogens with one attached hydrogen (secondary N) is 1. The quantitative estimate of drug-likeness (QED) is 0.819.